The molecule has 0 atom stereocenters. The monoisotopic (exact) mass is 367 g/mol. The number of hydrogen-bond donors (Lipinski definition) is 1. The molecule has 3 heterocycles. The van der Waals surface area contributed by atoms with Crippen LogP contribution in [-0.4, -0.2) is 86.2 Å². The molecule has 4 rings (SSSR count). The Hall–Kier alpha value is -2.38. The Labute approximate surface area is 161 Å². The molecule has 0 radical (unpaired) electrons. The van der Waals surface area contributed by atoms with Crippen LogP contribution in [0.1, 0.15) is 0 Å². The molecule has 0 saturated carbocycles. The molecule has 0 aliphatic carbocycles. The second kappa shape index (κ2) is 8.10. The molecule has 0 bridgehead atoms. The van der Waals surface area contributed by atoms with Crippen molar-refractivity contribution in [1.29, 1.82) is 0 Å². The van der Waals surface area contributed by atoms with Gasteiger partial charge in [0.1, 0.15) is 5.82 Å². The Morgan fingerprint density at radius 2 is 1.33 bits per heavy atom. The minimum atomic E-state index is 0.652. The van der Waals surface area contributed by atoms with E-state index in [0.29, 0.717) is 5.95 Å². The van der Waals surface area contributed by atoms with Gasteiger partial charge in [0, 0.05) is 69.9 Å². The Morgan fingerprint density at radius 3 is 1.96 bits per heavy atom. The van der Waals surface area contributed by atoms with Gasteiger partial charge < -0.3 is 24.9 Å². The molecule has 1 aromatic heterocycles. The van der Waals surface area contributed by atoms with Gasteiger partial charge in [0.2, 0.25) is 5.95 Å². The van der Waals surface area contributed by atoms with Gasteiger partial charge in [-0.2, -0.15) is 4.98 Å². The summed E-state index contributed by atoms with van der Waals surface area (Å²) in [6.07, 6.45) is 1.83. The van der Waals surface area contributed by atoms with E-state index in [1.807, 2.05) is 12.3 Å². The lowest BCUT2D eigenvalue weighted by Crippen LogP contribution is -2.44. The zero-order valence-corrected chi connectivity index (χ0v) is 16.3. The van der Waals surface area contributed by atoms with Crippen LogP contribution in [0.25, 0.3) is 0 Å². The van der Waals surface area contributed by atoms with E-state index < -0.39 is 0 Å². The predicted molar refractivity (Wildman–Crippen MR) is 111 cm³/mol. The number of piperazine rings is 2. The fourth-order valence-electron chi connectivity index (χ4n) is 3.57. The predicted octanol–water partition coefficient (Wildman–Crippen LogP) is 1.72. The number of benzene rings is 1. The highest BCUT2D eigenvalue weighted by atomic mass is 15.3. The van der Waals surface area contributed by atoms with Gasteiger partial charge in [-0.3, -0.25) is 0 Å². The van der Waals surface area contributed by atoms with Crippen LogP contribution < -0.4 is 15.1 Å². The highest BCUT2D eigenvalue weighted by molar-refractivity contribution is 5.60. The van der Waals surface area contributed by atoms with E-state index in [2.05, 4.69) is 68.3 Å². The molecule has 7 heteroatoms. The smallest absolute Gasteiger partial charge is 0.229 e. The van der Waals surface area contributed by atoms with E-state index in [-0.39, 0.29) is 0 Å². The van der Waals surface area contributed by atoms with E-state index in [1.54, 1.807) is 0 Å². The van der Waals surface area contributed by atoms with Gasteiger partial charge in [0.25, 0.3) is 0 Å². The summed E-state index contributed by atoms with van der Waals surface area (Å²) < 4.78 is 0. The van der Waals surface area contributed by atoms with Crippen molar-refractivity contribution in [3.63, 3.8) is 0 Å². The van der Waals surface area contributed by atoms with Crippen molar-refractivity contribution in [2.45, 2.75) is 0 Å². The van der Waals surface area contributed by atoms with Crippen LogP contribution in [0.4, 0.5) is 23.1 Å². The zero-order valence-electron chi connectivity index (χ0n) is 16.3. The average molecular weight is 368 g/mol. The summed E-state index contributed by atoms with van der Waals surface area (Å²) in [6.45, 7) is 8.55. The lowest BCUT2D eigenvalue weighted by atomic mass is 10.2. The first kappa shape index (κ1) is 18.0. The highest BCUT2D eigenvalue weighted by Gasteiger charge is 2.16. The second-order valence-electron chi connectivity index (χ2n) is 7.49. The molecule has 2 aliphatic rings. The molecule has 1 N–H and O–H groups in total. The fourth-order valence-corrected chi connectivity index (χ4v) is 3.57. The summed E-state index contributed by atoms with van der Waals surface area (Å²) in [5.41, 5.74) is 2.30. The minimum Gasteiger partial charge on any atom is -0.369 e. The van der Waals surface area contributed by atoms with Crippen molar-refractivity contribution in [3.8, 4) is 0 Å². The molecule has 0 amide bonds. The van der Waals surface area contributed by atoms with Crippen LogP contribution in [0.15, 0.2) is 36.5 Å². The highest BCUT2D eigenvalue weighted by Crippen LogP contribution is 2.22. The summed E-state index contributed by atoms with van der Waals surface area (Å²) in [5, 5.41) is 3.34. The van der Waals surface area contributed by atoms with E-state index >= 15 is 0 Å². The van der Waals surface area contributed by atoms with Crippen LogP contribution in [0.3, 0.4) is 0 Å². The molecule has 7 nitrogen and oxygen atoms in total. The third kappa shape index (κ3) is 4.48. The Kier molecular flexibility index (Phi) is 5.40. The Bertz CT molecular complexity index is 732. The van der Waals surface area contributed by atoms with Crippen LogP contribution in [-0.2, 0) is 0 Å². The van der Waals surface area contributed by atoms with Crippen molar-refractivity contribution in [1.82, 2.24) is 19.8 Å². The van der Waals surface area contributed by atoms with E-state index in [0.717, 1.165) is 63.9 Å². The van der Waals surface area contributed by atoms with Gasteiger partial charge in [0.05, 0.1) is 0 Å². The first-order valence-corrected chi connectivity index (χ1v) is 9.74. The van der Waals surface area contributed by atoms with E-state index in [1.165, 1.54) is 5.69 Å². The molecule has 27 heavy (non-hydrogen) atoms. The molecule has 0 spiro atoms. The van der Waals surface area contributed by atoms with Crippen LogP contribution in [0.2, 0.25) is 0 Å². The number of likely N-dealkylation sites (N-methyl/N-ethyl adjacent to an activating group) is 2. The molecule has 1 aromatic carbocycles. The zero-order chi connectivity index (χ0) is 18.6. The summed E-state index contributed by atoms with van der Waals surface area (Å²) >= 11 is 0. The van der Waals surface area contributed by atoms with E-state index in [9.17, 15) is 0 Å². The minimum absolute atomic E-state index is 0.652. The number of anilines is 4. The molecule has 2 fully saturated rings. The maximum absolute atomic E-state index is 4.71. The van der Waals surface area contributed by atoms with Gasteiger partial charge >= 0.3 is 0 Å². The fraction of sp³-hybridized carbons (Fsp3) is 0.500. The maximum atomic E-state index is 4.71. The van der Waals surface area contributed by atoms with E-state index in [4.69, 9.17) is 4.98 Å². The van der Waals surface area contributed by atoms with Crippen molar-refractivity contribution in [2.75, 3.05) is 81.6 Å². The molecule has 2 aliphatic heterocycles. The lowest BCUT2D eigenvalue weighted by Gasteiger charge is -2.34. The number of nitrogens with zero attached hydrogens (tertiary/aromatic N) is 6. The van der Waals surface area contributed by atoms with Crippen molar-refractivity contribution in [3.05, 3.63) is 36.5 Å². The van der Waals surface area contributed by atoms with Gasteiger partial charge in [-0.25, -0.2) is 4.98 Å². The van der Waals surface area contributed by atoms with Crippen molar-refractivity contribution >= 4 is 23.1 Å². The third-order valence-corrected chi connectivity index (χ3v) is 5.46. The standard InChI is InChI=1S/C20H29N7/c1-24-9-13-26(14-10-24)18-5-3-17(4-6-18)22-20-21-8-7-19(23-20)27-15-11-25(2)12-16-27/h3-8H,9-16H2,1-2H3,(H,21,22,23). The van der Waals surface area contributed by atoms with Crippen molar-refractivity contribution in [2.24, 2.45) is 0 Å². The first-order chi connectivity index (χ1) is 13.2. The Balaban J connectivity index is 1.39. The molecule has 144 valence electrons. The molecule has 2 saturated heterocycles. The number of nitrogens with one attached hydrogen (secondary N) is 1. The maximum Gasteiger partial charge on any atom is 0.229 e. The molecule has 2 aromatic rings. The van der Waals surface area contributed by atoms with Gasteiger partial charge in [-0.05, 0) is 44.4 Å². The topological polar surface area (TPSA) is 50.8 Å². The number of aromatic nitrogens is 2. The Morgan fingerprint density at radius 1 is 0.741 bits per heavy atom. The van der Waals surface area contributed by atoms with Gasteiger partial charge in [0.15, 0.2) is 0 Å². The normalized spacial score (nSPS) is 19.3. The molecular formula is C20H29N7. The average Bonchev–Trinajstić information content (AvgIpc) is 2.70. The largest absolute Gasteiger partial charge is 0.369 e. The summed E-state index contributed by atoms with van der Waals surface area (Å²) in [6, 6.07) is 10.6. The first-order valence-electron chi connectivity index (χ1n) is 9.74. The second-order valence-corrected chi connectivity index (χ2v) is 7.49. The van der Waals surface area contributed by atoms with Gasteiger partial charge in [-0.1, -0.05) is 0 Å². The summed E-state index contributed by atoms with van der Waals surface area (Å²) in [7, 11) is 4.34. The summed E-state index contributed by atoms with van der Waals surface area (Å²) in [5.74, 6) is 1.65. The number of hydrogen-bond acceptors (Lipinski definition) is 7. The molecule has 0 unspecified atom stereocenters. The van der Waals surface area contributed by atoms with Crippen LogP contribution in [0, 0.1) is 0 Å². The third-order valence-electron chi connectivity index (χ3n) is 5.46. The summed E-state index contributed by atoms with van der Waals surface area (Å²) in [4.78, 5) is 18.6. The van der Waals surface area contributed by atoms with Crippen LogP contribution >= 0.6 is 0 Å². The van der Waals surface area contributed by atoms with Crippen molar-refractivity contribution < 1.29 is 0 Å². The van der Waals surface area contributed by atoms with Crippen LogP contribution in [0.5, 0.6) is 0 Å². The quantitative estimate of drug-likeness (QED) is 0.883. The lowest BCUT2D eigenvalue weighted by molar-refractivity contribution is 0.312. The molecular weight excluding hydrogens is 338 g/mol. The number of rotatable bonds is 4. The SMILES string of the molecule is CN1CCN(c2ccc(Nc3nccc(N4CCN(C)CC4)n3)cc2)CC1. The van der Waals surface area contributed by atoms with Gasteiger partial charge in [-0.15, -0.1) is 0 Å².